The second-order valence-electron chi connectivity index (χ2n) is 3.41. The first-order chi connectivity index (χ1) is 8.51. The lowest BCUT2D eigenvalue weighted by Gasteiger charge is -2.05. The van der Waals surface area contributed by atoms with Gasteiger partial charge in [-0.25, -0.2) is 9.18 Å². The van der Waals surface area contributed by atoms with E-state index in [-0.39, 0.29) is 16.3 Å². The fraction of sp³-hybridized carbons (Fsp3) is 0. The molecule has 0 radical (unpaired) electrons. The maximum absolute atomic E-state index is 13.2. The van der Waals surface area contributed by atoms with Crippen LogP contribution in [0.1, 0.15) is 5.56 Å². The summed E-state index contributed by atoms with van der Waals surface area (Å²) in [6, 6.07) is 5.11. The van der Waals surface area contributed by atoms with Crippen LogP contribution in [0.2, 0.25) is 5.02 Å². The van der Waals surface area contributed by atoms with Gasteiger partial charge in [0.2, 0.25) is 0 Å². The van der Waals surface area contributed by atoms with E-state index in [1.165, 1.54) is 6.07 Å². The molecule has 1 N–H and O–H groups in total. The van der Waals surface area contributed by atoms with Crippen LogP contribution in [0.5, 0.6) is 0 Å². The molecular formula is C11H5ClFN3O2. The summed E-state index contributed by atoms with van der Waals surface area (Å²) in [6.07, 6.45) is 1.03. The standard InChI is InChI=1S/C11H5ClFN3O2/c12-7-1-8(13)3-9(2-7)16-5-6(4-14)10(17)15-11(16)18/h1-3,5H,(H,15,17,18). The number of hydrogen-bond acceptors (Lipinski definition) is 3. The molecule has 7 heteroatoms. The molecule has 0 aliphatic heterocycles. The summed E-state index contributed by atoms with van der Waals surface area (Å²) < 4.78 is 14.1. The Labute approximate surface area is 105 Å². The van der Waals surface area contributed by atoms with Gasteiger partial charge in [0.1, 0.15) is 17.4 Å². The highest BCUT2D eigenvalue weighted by Gasteiger charge is 2.07. The molecule has 0 aliphatic rings. The van der Waals surface area contributed by atoms with Gasteiger partial charge in [-0.1, -0.05) is 11.6 Å². The minimum absolute atomic E-state index is 0.0987. The van der Waals surface area contributed by atoms with Crippen molar-refractivity contribution >= 4 is 11.6 Å². The van der Waals surface area contributed by atoms with Crippen molar-refractivity contribution in [3.63, 3.8) is 0 Å². The lowest BCUT2D eigenvalue weighted by atomic mass is 10.3. The number of nitrogens with one attached hydrogen (secondary N) is 1. The van der Waals surface area contributed by atoms with Crippen molar-refractivity contribution < 1.29 is 4.39 Å². The molecule has 90 valence electrons. The van der Waals surface area contributed by atoms with Crippen molar-refractivity contribution in [2.24, 2.45) is 0 Å². The molecule has 0 fully saturated rings. The predicted molar refractivity (Wildman–Crippen MR) is 62.3 cm³/mol. The van der Waals surface area contributed by atoms with Gasteiger partial charge >= 0.3 is 5.69 Å². The molecule has 5 nitrogen and oxygen atoms in total. The molecule has 0 aliphatic carbocycles. The topological polar surface area (TPSA) is 78.7 Å². The predicted octanol–water partition coefficient (Wildman–Crippen LogP) is 1.19. The number of benzene rings is 1. The van der Waals surface area contributed by atoms with Gasteiger partial charge in [0, 0.05) is 11.2 Å². The number of rotatable bonds is 1. The summed E-state index contributed by atoms with van der Waals surface area (Å²) in [7, 11) is 0. The molecule has 0 amide bonds. The number of H-pyrrole nitrogens is 1. The number of hydrogen-bond donors (Lipinski definition) is 1. The maximum atomic E-state index is 13.2. The van der Waals surface area contributed by atoms with Crippen molar-refractivity contribution in [2.45, 2.75) is 0 Å². The Morgan fingerprint density at radius 3 is 2.67 bits per heavy atom. The number of aromatic amines is 1. The van der Waals surface area contributed by atoms with Crippen molar-refractivity contribution in [3.8, 4) is 11.8 Å². The van der Waals surface area contributed by atoms with E-state index in [4.69, 9.17) is 16.9 Å². The quantitative estimate of drug-likeness (QED) is 0.841. The van der Waals surface area contributed by atoms with E-state index in [1.807, 2.05) is 4.98 Å². The van der Waals surface area contributed by atoms with Crippen LogP contribution in [0.25, 0.3) is 5.69 Å². The Kier molecular flexibility index (Phi) is 3.00. The van der Waals surface area contributed by atoms with E-state index in [2.05, 4.69) is 0 Å². The maximum Gasteiger partial charge on any atom is 0.332 e. The molecule has 0 saturated carbocycles. The third-order valence-electron chi connectivity index (χ3n) is 2.19. The van der Waals surface area contributed by atoms with Crippen molar-refractivity contribution in [1.29, 1.82) is 5.26 Å². The molecule has 2 rings (SSSR count). The van der Waals surface area contributed by atoms with Crippen molar-refractivity contribution in [2.75, 3.05) is 0 Å². The first-order valence-corrected chi connectivity index (χ1v) is 5.11. The number of nitrogens with zero attached hydrogens (tertiary/aromatic N) is 2. The first kappa shape index (κ1) is 12.1. The van der Waals surface area contributed by atoms with E-state index in [1.54, 1.807) is 6.07 Å². The highest BCUT2D eigenvalue weighted by atomic mass is 35.5. The van der Waals surface area contributed by atoms with Crippen molar-refractivity contribution in [1.82, 2.24) is 9.55 Å². The van der Waals surface area contributed by atoms with Crippen molar-refractivity contribution in [3.05, 3.63) is 61.6 Å². The minimum atomic E-state index is -0.791. The van der Waals surface area contributed by atoms with E-state index in [0.29, 0.717) is 0 Å². The minimum Gasteiger partial charge on any atom is -0.273 e. The Balaban J connectivity index is 2.75. The van der Waals surface area contributed by atoms with Gasteiger partial charge in [0.25, 0.3) is 5.56 Å². The highest BCUT2D eigenvalue weighted by molar-refractivity contribution is 6.30. The Morgan fingerprint density at radius 2 is 2.06 bits per heavy atom. The molecule has 1 aromatic carbocycles. The first-order valence-electron chi connectivity index (χ1n) is 4.74. The van der Waals surface area contributed by atoms with Crippen LogP contribution in [-0.4, -0.2) is 9.55 Å². The fourth-order valence-electron chi connectivity index (χ4n) is 1.42. The van der Waals surface area contributed by atoms with Crippen LogP contribution in [0, 0.1) is 17.1 Å². The number of aromatic nitrogens is 2. The summed E-state index contributed by atoms with van der Waals surface area (Å²) in [5, 5.41) is 8.80. The van der Waals surface area contributed by atoms with Crippen LogP contribution in [0.4, 0.5) is 4.39 Å². The molecule has 0 spiro atoms. The summed E-state index contributed by atoms with van der Waals surface area (Å²) in [6.45, 7) is 0. The molecule has 0 unspecified atom stereocenters. The van der Waals surface area contributed by atoms with Gasteiger partial charge in [-0.05, 0) is 18.2 Å². The highest BCUT2D eigenvalue weighted by Crippen LogP contribution is 2.16. The second kappa shape index (κ2) is 4.47. The van der Waals surface area contributed by atoms with Gasteiger partial charge in [-0.3, -0.25) is 14.3 Å². The van der Waals surface area contributed by atoms with Crippen LogP contribution in [0.15, 0.2) is 34.0 Å². The summed E-state index contributed by atoms with van der Waals surface area (Å²) in [5.41, 5.74) is -1.70. The molecule has 18 heavy (non-hydrogen) atoms. The Bertz CT molecular complexity index is 753. The van der Waals surface area contributed by atoms with E-state index >= 15 is 0 Å². The molecular weight excluding hydrogens is 261 g/mol. The number of halogens is 2. The Morgan fingerprint density at radius 1 is 1.33 bits per heavy atom. The van der Waals surface area contributed by atoms with Gasteiger partial charge in [-0.15, -0.1) is 0 Å². The zero-order valence-corrected chi connectivity index (χ0v) is 9.53. The third-order valence-corrected chi connectivity index (χ3v) is 2.41. The van der Waals surface area contributed by atoms with Gasteiger partial charge in [0.05, 0.1) is 5.69 Å². The normalized spacial score (nSPS) is 10.1. The van der Waals surface area contributed by atoms with Gasteiger partial charge in [0.15, 0.2) is 0 Å². The molecule has 0 atom stereocenters. The molecule has 2 aromatic rings. The summed E-state index contributed by atoms with van der Waals surface area (Å²) in [4.78, 5) is 24.7. The van der Waals surface area contributed by atoms with Crippen LogP contribution in [0.3, 0.4) is 0 Å². The lowest BCUT2D eigenvalue weighted by molar-refractivity contribution is 0.626. The van der Waals surface area contributed by atoms with Crippen LogP contribution >= 0.6 is 11.6 Å². The van der Waals surface area contributed by atoms with Gasteiger partial charge in [-0.2, -0.15) is 5.26 Å². The molecule has 1 aromatic heterocycles. The summed E-state index contributed by atoms with van der Waals surface area (Å²) >= 11 is 5.66. The lowest BCUT2D eigenvalue weighted by Crippen LogP contribution is -2.30. The van der Waals surface area contributed by atoms with Crippen LogP contribution in [-0.2, 0) is 0 Å². The Hall–Kier alpha value is -2.39. The average Bonchev–Trinajstić information content (AvgIpc) is 2.27. The smallest absolute Gasteiger partial charge is 0.273 e. The third kappa shape index (κ3) is 2.17. The fourth-order valence-corrected chi connectivity index (χ4v) is 1.64. The average molecular weight is 266 g/mol. The molecule has 1 heterocycles. The largest absolute Gasteiger partial charge is 0.332 e. The van der Waals surface area contributed by atoms with E-state index in [0.717, 1.165) is 22.9 Å². The zero-order chi connectivity index (χ0) is 13.3. The SMILES string of the molecule is N#Cc1cn(-c2cc(F)cc(Cl)c2)c(=O)[nH]c1=O. The van der Waals surface area contributed by atoms with Gasteiger partial charge < -0.3 is 0 Å². The van der Waals surface area contributed by atoms with Crippen LogP contribution < -0.4 is 11.2 Å². The van der Waals surface area contributed by atoms with E-state index < -0.39 is 17.1 Å². The number of nitriles is 1. The molecule has 0 bridgehead atoms. The zero-order valence-electron chi connectivity index (χ0n) is 8.78. The molecule has 0 saturated heterocycles. The van der Waals surface area contributed by atoms with E-state index in [9.17, 15) is 14.0 Å². The second-order valence-corrected chi connectivity index (χ2v) is 3.85. The monoisotopic (exact) mass is 265 g/mol. The summed E-state index contributed by atoms with van der Waals surface area (Å²) in [5.74, 6) is -0.630.